The molecule has 1 aliphatic heterocycles. The molecule has 4 nitrogen and oxygen atoms in total. The fraction of sp³-hybridized carbons (Fsp3) is 0.818. The predicted octanol–water partition coefficient (Wildman–Crippen LogP) is -0.0476. The second-order valence-corrected chi connectivity index (χ2v) is 4.08. The average Bonchev–Trinajstić information content (AvgIpc) is 2.31. The molecule has 1 fully saturated rings. The van der Waals surface area contributed by atoms with Crippen molar-refractivity contribution in [3.05, 3.63) is 0 Å². The molecule has 3 N–H and O–H groups in total. The van der Waals surface area contributed by atoms with Gasteiger partial charge in [0.25, 0.3) is 0 Å². The number of nitrogens with one attached hydrogen (secondary N) is 1. The standard InChI is InChI=1S/C11H21N3O/c1-4-10(13-12)11(3,5-2)14-6-8-15-9-7-14/h1,10,13H,5-9,12H2,2-3H3. The first kappa shape index (κ1) is 12.5. The van der Waals surface area contributed by atoms with Gasteiger partial charge in [-0.25, -0.2) is 5.43 Å². The number of terminal acetylenes is 1. The second kappa shape index (κ2) is 5.47. The van der Waals surface area contributed by atoms with Crippen LogP contribution >= 0.6 is 0 Å². The van der Waals surface area contributed by atoms with Crippen LogP contribution in [0.15, 0.2) is 0 Å². The van der Waals surface area contributed by atoms with Crippen LogP contribution in [0.3, 0.4) is 0 Å². The fourth-order valence-corrected chi connectivity index (χ4v) is 2.09. The van der Waals surface area contributed by atoms with Gasteiger partial charge in [0.05, 0.1) is 19.3 Å². The Hall–Kier alpha value is -0.600. The van der Waals surface area contributed by atoms with Gasteiger partial charge >= 0.3 is 0 Å². The van der Waals surface area contributed by atoms with Crippen molar-refractivity contribution < 1.29 is 4.74 Å². The van der Waals surface area contributed by atoms with Crippen LogP contribution in [-0.4, -0.2) is 42.8 Å². The normalized spacial score (nSPS) is 24.1. The molecule has 0 spiro atoms. The first-order chi connectivity index (χ1) is 7.19. The summed E-state index contributed by atoms with van der Waals surface area (Å²) in [7, 11) is 0. The third-order valence-electron chi connectivity index (χ3n) is 3.40. The molecule has 2 unspecified atom stereocenters. The summed E-state index contributed by atoms with van der Waals surface area (Å²) in [4.78, 5) is 2.36. The van der Waals surface area contributed by atoms with Crippen molar-refractivity contribution in [3.63, 3.8) is 0 Å². The van der Waals surface area contributed by atoms with E-state index in [1.165, 1.54) is 0 Å². The predicted molar refractivity (Wildman–Crippen MR) is 61.0 cm³/mol. The summed E-state index contributed by atoms with van der Waals surface area (Å²) < 4.78 is 5.34. The molecular weight excluding hydrogens is 190 g/mol. The number of morpholine rings is 1. The molecule has 0 amide bonds. The molecule has 86 valence electrons. The lowest BCUT2D eigenvalue weighted by Gasteiger charge is -2.45. The molecule has 1 aliphatic rings. The first-order valence-electron chi connectivity index (χ1n) is 5.44. The highest BCUT2D eigenvalue weighted by Gasteiger charge is 2.37. The average molecular weight is 211 g/mol. The third kappa shape index (κ3) is 2.50. The van der Waals surface area contributed by atoms with Gasteiger partial charge in [-0.2, -0.15) is 0 Å². The number of hydrogen-bond acceptors (Lipinski definition) is 4. The van der Waals surface area contributed by atoms with Crippen LogP contribution in [0, 0.1) is 12.3 Å². The van der Waals surface area contributed by atoms with Gasteiger partial charge in [0.1, 0.15) is 0 Å². The van der Waals surface area contributed by atoms with Gasteiger partial charge in [0.15, 0.2) is 0 Å². The van der Waals surface area contributed by atoms with E-state index >= 15 is 0 Å². The lowest BCUT2D eigenvalue weighted by Crippen LogP contribution is -2.62. The van der Waals surface area contributed by atoms with Gasteiger partial charge in [0, 0.05) is 18.6 Å². The second-order valence-electron chi connectivity index (χ2n) is 4.08. The van der Waals surface area contributed by atoms with E-state index in [-0.39, 0.29) is 11.6 Å². The summed E-state index contributed by atoms with van der Waals surface area (Å²) in [6, 6.07) is -0.124. The summed E-state index contributed by atoms with van der Waals surface area (Å²) in [6.07, 6.45) is 6.47. The Morgan fingerprint density at radius 3 is 2.60 bits per heavy atom. The van der Waals surface area contributed by atoms with E-state index in [1.54, 1.807) is 0 Å². The van der Waals surface area contributed by atoms with E-state index in [2.05, 4.69) is 30.1 Å². The Morgan fingerprint density at radius 2 is 2.20 bits per heavy atom. The van der Waals surface area contributed by atoms with Crippen molar-refractivity contribution in [2.75, 3.05) is 26.3 Å². The molecule has 0 radical (unpaired) electrons. The van der Waals surface area contributed by atoms with Gasteiger partial charge in [-0.15, -0.1) is 6.42 Å². The largest absolute Gasteiger partial charge is 0.379 e. The number of nitrogens with zero attached hydrogens (tertiary/aromatic N) is 1. The van der Waals surface area contributed by atoms with Crippen molar-refractivity contribution in [2.24, 2.45) is 5.84 Å². The molecule has 0 aliphatic carbocycles. The topological polar surface area (TPSA) is 50.5 Å². The number of hydrazine groups is 1. The van der Waals surface area contributed by atoms with Crippen molar-refractivity contribution in [2.45, 2.75) is 31.8 Å². The van der Waals surface area contributed by atoms with Crippen molar-refractivity contribution in [1.82, 2.24) is 10.3 Å². The summed E-state index contributed by atoms with van der Waals surface area (Å²) in [5, 5.41) is 0. The Balaban J connectivity index is 2.77. The van der Waals surface area contributed by atoms with Crippen LogP contribution < -0.4 is 11.3 Å². The Kier molecular flexibility index (Phi) is 4.55. The van der Waals surface area contributed by atoms with Crippen LogP contribution in [-0.2, 0) is 4.74 Å². The molecule has 15 heavy (non-hydrogen) atoms. The molecule has 1 heterocycles. The van der Waals surface area contributed by atoms with Crippen LogP contribution in [0.4, 0.5) is 0 Å². The minimum Gasteiger partial charge on any atom is -0.379 e. The maximum Gasteiger partial charge on any atom is 0.0995 e. The van der Waals surface area contributed by atoms with Gasteiger partial charge in [-0.05, 0) is 13.3 Å². The van der Waals surface area contributed by atoms with Crippen LogP contribution in [0.2, 0.25) is 0 Å². The van der Waals surface area contributed by atoms with Crippen molar-refractivity contribution in [3.8, 4) is 12.3 Å². The lowest BCUT2D eigenvalue weighted by molar-refractivity contribution is -0.0250. The molecule has 0 bridgehead atoms. The van der Waals surface area contributed by atoms with E-state index in [1.807, 2.05) is 0 Å². The highest BCUT2D eigenvalue weighted by atomic mass is 16.5. The van der Waals surface area contributed by atoms with Crippen LogP contribution in [0.5, 0.6) is 0 Å². The number of nitrogens with two attached hydrogens (primary N) is 1. The number of ether oxygens (including phenoxy) is 1. The van der Waals surface area contributed by atoms with E-state index in [4.69, 9.17) is 17.0 Å². The minimum atomic E-state index is -0.124. The zero-order valence-corrected chi connectivity index (χ0v) is 9.62. The first-order valence-corrected chi connectivity index (χ1v) is 5.44. The van der Waals surface area contributed by atoms with Crippen molar-refractivity contribution in [1.29, 1.82) is 0 Å². The SMILES string of the molecule is C#CC(NN)C(C)(CC)N1CCOCC1. The highest BCUT2D eigenvalue weighted by Crippen LogP contribution is 2.24. The Bertz CT molecular complexity index is 232. The summed E-state index contributed by atoms with van der Waals surface area (Å²) in [5.41, 5.74) is 2.63. The van der Waals surface area contributed by atoms with Gasteiger partial charge in [-0.1, -0.05) is 12.8 Å². The fourth-order valence-electron chi connectivity index (χ4n) is 2.09. The number of hydrogen-bond donors (Lipinski definition) is 2. The Labute approximate surface area is 92.1 Å². The summed E-state index contributed by atoms with van der Waals surface area (Å²) in [5.74, 6) is 8.22. The van der Waals surface area contributed by atoms with Crippen molar-refractivity contribution >= 4 is 0 Å². The minimum absolute atomic E-state index is 0.0900. The van der Waals surface area contributed by atoms with Crippen LogP contribution in [0.25, 0.3) is 0 Å². The van der Waals surface area contributed by atoms with Gasteiger partial charge in [0.2, 0.25) is 0 Å². The molecule has 2 atom stereocenters. The van der Waals surface area contributed by atoms with Gasteiger partial charge < -0.3 is 4.74 Å². The molecule has 0 aromatic carbocycles. The molecule has 0 aromatic rings. The monoisotopic (exact) mass is 211 g/mol. The maximum atomic E-state index is 5.50. The van der Waals surface area contributed by atoms with E-state index in [0.29, 0.717) is 0 Å². The van der Waals surface area contributed by atoms with Gasteiger partial charge in [-0.3, -0.25) is 10.7 Å². The molecule has 1 saturated heterocycles. The molecular formula is C11H21N3O. The van der Waals surface area contributed by atoms with E-state index in [0.717, 1.165) is 32.7 Å². The molecule has 1 rings (SSSR count). The maximum absolute atomic E-state index is 5.50. The van der Waals surface area contributed by atoms with Crippen LogP contribution in [0.1, 0.15) is 20.3 Å². The highest BCUT2D eigenvalue weighted by molar-refractivity contribution is 5.11. The van der Waals surface area contributed by atoms with E-state index in [9.17, 15) is 0 Å². The zero-order valence-electron chi connectivity index (χ0n) is 9.62. The summed E-state index contributed by atoms with van der Waals surface area (Å²) >= 11 is 0. The molecule has 4 heteroatoms. The molecule has 0 aromatic heterocycles. The van der Waals surface area contributed by atoms with E-state index < -0.39 is 0 Å². The summed E-state index contributed by atoms with van der Waals surface area (Å²) in [6.45, 7) is 7.68. The zero-order chi connectivity index (χ0) is 11.3. The quantitative estimate of drug-likeness (QED) is 0.389. The smallest absolute Gasteiger partial charge is 0.0995 e. The molecule has 0 saturated carbocycles. The lowest BCUT2D eigenvalue weighted by atomic mass is 9.87. The third-order valence-corrected chi connectivity index (χ3v) is 3.40. The number of rotatable bonds is 4. The Morgan fingerprint density at radius 1 is 1.60 bits per heavy atom.